The van der Waals surface area contributed by atoms with Crippen LogP contribution in [0, 0.1) is 26.7 Å². The molecule has 7 nitrogen and oxygen atoms in total. The molecule has 2 amide bonds. The summed E-state index contributed by atoms with van der Waals surface area (Å²) >= 11 is 0. The smallest absolute Gasteiger partial charge is 0.253 e. The molecule has 1 fully saturated rings. The second kappa shape index (κ2) is 10.4. The molecule has 178 valence electrons. The molecular formula is C25H33N3O4S. The highest BCUT2D eigenvalue weighted by atomic mass is 32.2. The van der Waals surface area contributed by atoms with E-state index in [9.17, 15) is 18.0 Å². The minimum Gasteiger partial charge on any atom is -0.338 e. The van der Waals surface area contributed by atoms with Crippen LogP contribution in [0.5, 0.6) is 0 Å². The van der Waals surface area contributed by atoms with E-state index in [1.54, 1.807) is 36.9 Å². The molecule has 1 unspecified atom stereocenters. The van der Waals surface area contributed by atoms with Gasteiger partial charge in [-0.25, -0.2) is 8.42 Å². The summed E-state index contributed by atoms with van der Waals surface area (Å²) in [6.45, 7) is 8.50. The zero-order valence-corrected chi connectivity index (χ0v) is 20.6. The monoisotopic (exact) mass is 471 g/mol. The third-order valence-corrected chi connectivity index (χ3v) is 7.35. The van der Waals surface area contributed by atoms with E-state index in [2.05, 4.69) is 10.0 Å². The summed E-state index contributed by atoms with van der Waals surface area (Å²) in [5.74, 6) is -0.504. The van der Waals surface area contributed by atoms with Crippen molar-refractivity contribution in [3.05, 3.63) is 58.7 Å². The normalized spacial score (nSPS) is 16.4. The lowest BCUT2D eigenvalue weighted by Crippen LogP contribution is -2.43. The number of hydrogen-bond donors (Lipinski definition) is 2. The molecular weight excluding hydrogens is 438 g/mol. The minimum atomic E-state index is -3.43. The molecule has 0 aromatic heterocycles. The van der Waals surface area contributed by atoms with Crippen LogP contribution in [-0.2, 0) is 14.8 Å². The van der Waals surface area contributed by atoms with Gasteiger partial charge >= 0.3 is 0 Å². The molecule has 33 heavy (non-hydrogen) atoms. The summed E-state index contributed by atoms with van der Waals surface area (Å²) in [6, 6.07) is 10.9. The van der Waals surface area contributed by atoms with Gasteiger partial charge in [0.2, 0.25) is 15.9 Å². The highest BCUT2D eigenvalue weighted by Gasteiger charge is 2.29. The SMILES string of the molecule is CCCS(=O)(=O)Nc1cccc(NC(=O)C2CCCN(C(=O)c3cc(C)cc(C)c3)C2)c1C. The van der Waals surface area contributed by atoms with Crippen LogP contribution in [0.4, 0.5) is 11.4 Å². The highest BCUT2D eigenvalue weighted by Crippen LogP contribution is 2.27. The number of hydrogen-bond acceptors (Lipinski definition) is 4. The number of aryl methyl sites for hydroxylation is 2. The van der Waals surface area contributed by atoms with E-state index >= 15 is 0 Å². The van der Waals surface area contributed by atoms with E-state index in [0.717, 1.165) is 17.5 Å². The Balaban J connectivity index is 1.70. The van der Waals surface area contributed by atoms with Gasteiger partial charge in [0.05, 0.1) is 17.4 Å². The van der Waals surface area contributed by atoms with Gasteiger partial charge in [0.1, 0.15) is 0 Å². The Labute approximate surface area is 196 Å². The van der Waals surface area contributed by atoms with E-state index in [-0.39, 0.29) is 23.5 Å². The number of amides is 2. The van der Waals surface area contributed by atoms with Crippen LogP contribution in [0.2, 0.25) is 0 Å². The first-order chi connectivity index (χ1) is 15.6. The lowest BCUT2D eigenvalue weighted by Gasteiger charge is -2.32. The fraction of sp³-hybridized carbons (Fsp3) is 0.440. The van der Waals surface area contributed by atoms with Crippen molar-refractivity contribution in [1.82, 2.24) is 4.90 Å². The summed E-state index contributed by atoms with van der Waals surface area (Å²) < 4.78 is 26.9. The quantitative estimate of drug-likeness (QED) is 0.631. The van der Waals surface area contributed by atoms with Crippen LogP contribution in [0.1, 0.15) is 53.2 Å². The first-order valence-corrected chi connectivity index (χ1v) is 13.0. The Morgan fingerprint density at radius 2 is 1.73 bits per heavy atom. The lowest BCUT2D eigenvalue weighted by atomic mass is 9.95. The van der Waals surface area contributed by atoms with Crippen molar-refractivity contribution in [2.24, 2.45) is 5.92 Å². The van der Waals surface area contributed by atoms with Crippen LogP contribution < -0.4 is 10.0 Å². The molecule has 2 aromatic carbocycles. The Morgan fingerprint density at radius 3 is 2.39 bits per heavy atom. The number of anilines is 2. The Morgan fingerprint density at radius 1 is 1.06 bits per heavy atom. The molecule has 3 rings (SSSR count). The first-order valence-electron chi connectivity index (χ1n) is 11.4. The second-order valence-corrected chi connectivity index (χ2v) is 10.7. The third-order valence-electron chi connectivity index (χ3n) is 5.88. The average Bonchev–Trinajstić information content (AvgIpc) is 2.75. The van der Waals surface area contributed by atoms with Gasteiger partial charge in [-0.1, -0.05) is 30.2 Å². The summed E-state index contributed by atoms with van der Waals surface area (Å²) in [5.41, 5.74) is 4.40. The molecule has 2 aromatic rings. The van der Waals surface area contributed by atoms with Crippen molar-refractivity contribution < 1.29 is 18.0 Å². The van der Waals surface area contributed by atoms with Gasteiger partial charge in [0, 0.05) is 24.3 Å². The number of benzene rings is 2. The molecule has 0 aliphatic carbocycles. The number of piperidine rings is 1. The largest absolute Gasteiger partial charge is 0.338 e. The minimum absolute atomic E-state index is 0.0371. The molecule has 2 N–H and O–H groups in total. The van der Waals surface area contributed by atoms with E-state index in [0.29, 0.717) is 48.4 Å². The molecule has 1 aliphatic heterocycles. The topological polar surface area (TPSA) is 95.6 Å². The van der Waals surface area contributed by atoms with Crippen LogP contribution in [-0.4, -0.2) is 44.0 Å². The number of carbonyl (C=O) groups is 2. The first kappa shape index (κ1) is 24.8. The maximum absolute atomic E-state index is 13.0. The predicted octanol–water partition coefficient (Wildman–Crippen LogP) is 4.25. The number of likely N-dealkylation sites (tertiary alicyclic amines) is 1. The Hall–Kier alpha value is -2.87. The number of nitrogens with zero attached hydrogens (tertiary/aromatic N) is 1. The van der Waals surface area contributed by atoms with Crippen LogP contribution in [0.3, 0.4) is 0 Å². The van der Waals surface area contributed by atoms with E-state index in [4.69, 9.17) is 0 Å². The van der Waals surface area contributed by atoms with Gasteiger partial charge in [0.25, 0.3) is 5.91 Å². The van der Waals surface area contributed by atoms with Gasteiger partial charge < -0.3 is 10.2 Å². The summed E-state index contributed by atoms with van der Waals surface area (Å²) in [6.07, 6.45) is 1.97. The van der Waals surface area contributed by atoms with Crippen molar-refractivity contribution in [3.8, 4) is 0 Å². The number of nitrogens with one attached hydrogen (secondary N) is 2. The maximum atomic E-state index is 13.0. The zero-order valence-electron chi connectivity index (χ0n) is 19.8. The summed E-state index contributed by atoms with van der Waals surface area (Å²) in [4.78, 5) is 27.8. The number of rotatable bonds is 7. The van der Waals surface area contributed by atoms with Crippen molar-refractivity contribution in [1.29, 1.82) is 0 Å². The Bertz CT molecular complexity index is 1120. The lowest BCUT2D eigenvalue weighted by molar-refractivity contribution is -0.121. The molecule has 0 spiro atoms. The van der Waals surface area contributed by atoms with Crippen LogP contribution >= 0.6 is 0 Å². The molecule has 0 radical (unpaired) electrons. The average molecular weight is 472 g/mol. The molecule has 0 saturated carbocycles. The van der Waals surface area contributed by atoms with E-state index in [1.165, 1.54) is 0 Å². The van der Waals surface area contributed by atoms with E-state index in [1.807, 2.05) is 32.0 Å². The van der Waals surface area contributed by atoms with Gasteiger partial charge in [-0.3, -0.25) is 14.3 Å². The standard InChI is InChI=1S/C25H33N3O4S/c1-5-12-33(31,32)27-23-10-6-9-22(19(23)4)26-24(29)20-8-7-11-28(16-20)25(30)21-14-17(2)13-18(3)15-21/h6,9-10,13-15,20,27H,5,7-8,11-12,16H2,1-4H3,(H,26,29). The fourth-order valence-corrected chi connectivity index (χ4v) is 5.46. The van der Waals surface area contributed by atoms with Crippen molar-refractivity contribution >= 4 is 33.2 Å². The zero-order chi connectivity index (χ0) is 24.2. The molecule has 0 bridgehead atoms. The van der Waals surface area contributed by atoms with Crippen molar-refractivity contribution in [2.45, 2.75) is 47.0 Å². The van der Waals surface area contributed by atoms with Gasteiger partial charge in [-0.2, -0.15) is 0 Å². The predicted molar refractivity (Wildman–Crippen MR) is 132 cm³/mol. The van der Waals surface area contributed by atoms with Crippen LogP contribution in [0.15, 0.2) is 36.4 Å². The number of carbonyl (C=O) groups excluding carboxylic acids is 2. The molecule has 1 saturated heterocycles. The summed E-state index contributed by atoms with van der Waals surface area (Å²) in [7, 11) is -3.43. The number of sulfonamides is 1. The van der Waals surface area contributed by atoms with E-state index < -0.39 is 10.0 Å². The second-order valence-electron chi connectivity index (χ2n) is 8.86. The highest BCUT2D eigenvalue weighted by molar-refractivity contribution is 7.92. The van der Waals surface area contributed by atoms with Gasteiger partial charge in [-0.15, -0.1) is 0 Å². The van der Waals surface area contributed by atoms with Crippen LogP contribution in [0.25, 0.3) is 0 Å². The molecule has 8 heteroatoms. The molecule has 1 atom stereocenters. The molecule has 1 heterocycles. The molecule has 1 aliphatic rings. The van der Waals surface area contributed by atoms with Crippen molar-refractivity contribution in [3.63, 3.8) is 0 Å². The maximum Gasteiger partial charge on any atom is 0.253 e. The third kappa shape index (κ3) is 6.35. The Kier molecular flexibility index (Phi) is 7.79. The van der Waals surface area contributed by atoms with Crippen molar-refractivity contribution in [2.75, 3.05) is 28.9 Å². The summed E-state index contributed by atoms with van der Waals surface area (Å²) in [5, 5.41) is 2.94. The fourth-order valence-electron chi connectivity index (χ4n) is 4.26. The van der Waals surface area contributed by atoms with Gasteiger partial charge in [-0.05, 0) is 69.9 Å². The van der Waals surface area contributed by atoms with Gasteiger partial charge in [0.15, 0.2) is 0 Å².